The van der Waals surface area contributed by atoms with Crippen molar-refractivity contribution in [2.45, 2.75) is 51.4 Å². The van der Waals surface area contributed by atoms with Crippen LogP contribution in [0.4, 0.5) is 0 Å². The summed E-state index contributed by atoms with van der Waals surface area (Å²) in [6, 6.07) is 0. The molecule has 1 heterocycles. The minimum atomic E-state index is 0.626. The molecule has 0 aliphatic heterocycles. The van der Waals surface area contributed by atoms with E-state index >= 15 is 0 Å². The molecule has 1 aromatic rings. The molecule has 2 N–H and O–H groups in total. The first-order chi connectivity index (χ1) is 9.24. The lowest BCUT2D eigenvalue weighted by atomic mass is 9.51. The van der Waals surface area contributed by atoms with Gasteiger partial charge in [-0.25, -0.2) is 4.98 Å². The molecule has 0 amide bonds. The molecule has 5 rings (SSSR count). The van der Waals surface area contributed by atoms with Gasteiger partial charge in [-0.2, -0.15) is 0 Å². The molecular formula is C16H24N2O. The van der Waals surface area contributed by atoms with E-state index in [4.69, 9.17) is 15.1 Å². The average Bonchev–Trinajstić information content (AvgIpc) is 2.69. The summed E-state index contributed by atoms with van der Waals surface area (Å²) in [5, 5.41) is 0. The van der Waals surface area contributed by atoms with E-state index in [-0.39, 0.29) is 0 Å². The van der Waals surface area contributed by atoms with E-state index in [0.717, 1.165) is 41.7 Å². The highest BCUT2D eigenvalue weighted by Gasteiger charge is 2.49. The first-order valence-corrected chi connectivity index (χ1v) is 7.91. The first-order valence-electron chi connectivity index (χ1n) is 7.91. The van der Waals surface area contributed by atoms with Crippen molar-refractivity contribution in [2.75, 3.05) is 6.54 Å². The number of aromatic nitrogens is 1. The van der Waals surface area contributed by atoms with Gasteiger partial charge in [0.1, 0.15) is 5.76 Å². The number of rotatable bonds is 3. The minimum absolute atomic E-state index is 0.626. The van der Waals surface area contributed by atoms with Gasteiger partial charge in [-0.05, 0) is 62.7 Å². The Balaban J connectivity index is 1.65. The standard InChI is InChI=1S/C16H24N2O/c1-9-16(18-14(19-9)2-3-17)15-12-5-10-4-11(7-12)8-13(15)6-10/h10-13,15H,2-8,17H2,1H3. The third-order valence-corrected chi connectivity index (χ3v) is 5.78. The Kier molecular flexibility index (Phi) is 2.73. The molecule has 4 bridgehead atoms. The quantitative estimate of drug-likeness (QED) is 0.909. The van der Waals surface area contributed by atoms with Crippen LogP contribution in [0, 0.1) is 30.6 Å². The van der Waals surface area contributed by atoms with E-state index in [0.29, 0.717) is 12.5 Å². The molecule has 0 unspecified atom stereocenters. The lowest BCUT2D eigenvalue weighted by Crippen LogP contribution is -2.44. The summed E-state index contributed by atoms with van der Waals surface area (Å²) in [6.45, 7) is 2.72. The number of oxazole rings is 1. The van der Waals surface area contributed by atoms with Crippen LogP contribution < -0.4 is 5.73 Å². The summed E-state index contributed by atoms with van der Waals surface area (Å²) in [7, 11) is 0. The van der Waals surface area contributed by atoms with Gasteiger partial charge < -0.3 is 10.2 Å². The van der Waals surface area contributed by atoms with E-state index in [9.17, 15) is 0 Å². The fourth-order valence-electron chi connectivity index (χ4n) is 5.38. The molecule has 4 fully saturated rings. The van der Waals surface area contributed by atoms with Gasteiger partial charge in [0.15, 0.2) is 5.89 Å². The Morgan fingerprint density at radius 3 is 2.32 bits per heavy atom. The van der Waals surface area contributed by atoms with Gasteiger partial charge in [-0.1, -0.05) is 0 Å². The molecule has 4 saturated carbocycles. The van der Waals surface area contributed by atoms with Crippen molar-refractivity contribution in [1.29, 1.82) is 0 Å². The van der Waals surface area contributed by atoms with Gasteiger partial charge in [0.25, 0.3) is 0 Å². The molecule has 0 aromatic carbocycles. The van der Waals surface area contributed by atoms with E-state index < -0.39 is 0 Å². The van der Waals surface area contributed by atoms with Crippen molar-refractivity contribution in [2.24, 2.45) is 29.4 Å². The van der Waals surface area contributed by atoms with Crippen LogP contribution in [-0.4, -0.2) is 11.5 Å². The number of nitrogens with zero attached hydrogens (tertiary/aromatic N) is 1. The maximum absolute atomic E-state index is 5.82. The van der Waals surface area contributed by atoms with Crippen molar-refractivity contribution in [3.8, 4) is 0 Å². The summed E-state index contributed by atoms with van der Waals surface area (Å²) < 4.78 is 5.82. The molecule has 3 nitrogen and oxygen atoms in total. The smallest absolute Gasteiger partial charge is 0.195 e. The van der Waals surface area contributed by atoms with Crippen LogP contribution in [0.5, 0.6) is 0 Å². The Bertz CT molecular complexity index is 451. The van der Waals surface area contributed by atoms with E-state index in [1.54, 1.807) is 0 Å². The SMILES string of the molecule is Cc1oc(CCN)nc1C1C2CC3CC(C2)CC1C3. The number of aryl methyl sites for hydroxylation is 1. The highest BCUT2D eigenvalue weighted by molar-refractivity contribution is 5.20. The Morgan fingerprint density at radius 1 is 1.11 bits per heavy atom. The summed E-state index contributed by atoms with van der Waals surface area (Å²) in [6.07, 6.45) is 8.04. The lowest BCUT2D eigenvalue weighted by Gasteiger charge is -2.54. The van der Waals surface area contributed by atoms with E-state index in [1.807, 2.05) is 0 Å². The molecule has 0 radical (unpaired) electrons. The number of hydrogen-bond acceptors (Lipinski definition) is 3. The highest BCUT2D eigenvalue weighted by Crippen LogP contribution is 2.59. The summed E-state index contributed by atoms with van der Waals surface area (Å²) in [5.41, 5.74) is 6.89. The zero-order chi connectivity index (χ0) is 13.0. The predicted octanol–water partition coefficient (Wildman–Crippen LogP) is 3.02. The van der Waals surface area contributed by atoms with E-state index in [2.05, 4.69) is 6.92 Å². The summed E-state index contributed by atoms with van der Waals surface area (Å²) in [5.74, 6) is 6.40. The van der Waals surface area contributed by atoms with Crippen molar-refractivity contribution >= 4 is 0 Å². The maximum Gasteiger partial charge on any atom is 0.195 e. The van der Waals surface area contributed by atoms with Crippen LogP contribution in [0.3, 0.4) is 0 Å². The third kappa shape index (κ3) is 1.85. The lowest BCUT2D eigenvalue weighted by molar-refractivity contribution is -0.00445. The largest absolute Gasteiger partial charge is 0.446 e. The van der Waals surface area contributed by atoms with Crippen LogP contribution in [0.15, 0.2) is 4.42 Å². The van der Waals surface area contributed by atoms with Gasteiger partial charge in [-0.3, -0.25) is 0 Å². The Hall–Kier alpha value is -0.830. The second-order valence-electron chi connectivity index (χ2n) is 7.04. The molecule has 1 aromatic heterocycles. The van der Waals surface area contributed by atoms with Crippen LogP contribution in [0.2, 0.25) is 0 Å². The maximum atomic E-state index is 5.82. The predicted molar refractivity (Wildman–Crippen MR) is 73.8 cm³/mol. The van der Waals surface area contributed by atoms with Gasteiger partial charge in [-0.15, -0.1) is 0 Å². The van der Waals surface area contributed by atoms with Crippen LogP contribution >= 0.6 is 0 Å². The molecule has 0 atom stereocenters. The molecule has 0 saturated heterocycles. The van der Waals surface area contributed by atoms with Crippen molar-refractivity contribution < 1.29 is 4.42 Å². The monoisotopic (exact) mass is 260 g/mol. The second-order valence-corrected chi connectivity index (χ2v) is 7.04. The minimum Gasteiger partial charge on any atom is -0.446 e. The summed E-state index contributed by atoms with van der Waals surface area (Å²) >= 11 is 0. The number of hydrogen-bond donors (Lipinski definition) is 1. The fourth-order valence-corrected chi connectivity index (χ4v) is 5.38. The first kappa shape index (κ1) is 12.0. The van der Waals surface area contributed by atoms with Crippen LogP contribution in [0.25, 0.3) is 0 Å². The average molecular weight is 260 g/mol. The van der Waals surface area contributed by atoms with Crippen LogP contribution in [-0.2, 0) is 6.42 Å². The molecule has 19 heavy (non-hydrogen) atoms. The molecule has 4 aliphatic carbocycles. The number of nitrogens with two attached hydrogens (primary N) is 1. The zero-order valence-corrected chi connectivity index (χ0v) is 11.8. The molecule has 0 spiro atoms. The second kappa shape index (κ2) is 4.34. The van der Waals surface area contributed by atoms with Gasteiger partial charge >= 0.3 is 0 Å². The topological polar surface area (TPSA) is 52.0 Å². The van der Waals surface area contributed by atoms with E-state index in [1.165, 1.54) is 37.8 Å². The Labute approximate surface area is 115 Å². The van der Waals surface area contributed by atoms with Gasteiger partial charge in [0.2, 0.25) is 0 Å². The molecule has 104 valence electrons. The Morgan fingerprint density at radius 2 is 1.74 bits per heavy atom. The third-order valence-electron chi connectivity index (χ3n) is 5.78. The summed E-state index contributed by atoms with van der Waals surface area (Å²) in [4.78, 5) is 4.80. The van der Waals surface area contributed by atoms with Crippen LogP contribution in [0.1, 0.15) is 55.4 Å². The highest BCUT2D eigenvalue weighted by atomic mass is 16.4. The van der Waals surface area contributed by atoms with Gasteiger partial charge in [0.05, 0.1) is 5.69 Å². The molecular weight excluding hydrogens is 236 g/mol. The van der Waals surface area contributed by atoms with Gasteiger partial charge in [0, 0.05) is 18.9 Å². The zero-order valence-electron chi connectivity index (χ0n) is 11.8. The van der Waals surface area contributed by atoms with Crippen molar-refractivity contribution in [3.63, 3.8) is 0 Å². The van der Waals surface area contributed by atoms with Crippen molar-refractivity contribution in [1.82, 2.24) is 4.98 Å². The normalized spacial score (nSPS) is 40.0. The van der Waals surface area contributed by atoms with Crippen molar-refractivity contribution in [3.05, 3.63) is 17.3 Å². The fraction of sp³-hybridized carbons (Fsp3) is 0.812. The molecule has 4 aliphatic rings. The molecule has 3 heteroatoms.